The Hall–Kier alpha value is -1.12. The second kappa shape index (κ2) is 3.52. The number of aryl methyl sites for hydroxylation is 1. The molecule has 66 valence electrons. The summed E-state index contributed by atoms with van der Waals surface area (Å²) in [4.78, 5) is 10.6. The maximum atomic E-state index is 10.6. The lowest BCUT2D eigenvalue weighted by atomic mass is 10.0. The Balaban J connectivity index is 3.03. The molecule has 1 heterocycles. The minimum Gasteiger partial charge on any atom is -0.298 e. The molecule has 1 atom stereocenters. The first kappa shape index (κ1) is 8.97. The number of aromatic nitrogens is 2. The maximum Gasteiger partial charge on any atom is 0.153 e. The highest BCUT2D eigenvalue weighted by Gasteiger charge is 2.12. The van der Waals surface area contributed by atoms with Gasteiger partial charge in [-0.2, -0.15) is 5.10 Å². The summed E-state index contributed by atoms with van der Waals surface area (Å²) in [5.74, 6) is 0.367. The summed E-state index contributed by atoms with van der Waals surface area (Å²) in [5, 5.41) is 4.24. The van der Waals surface area contributed by atoms with Crippen LogP contribution >= 0.6 is 0 Å². The van der Waals surface area contributed by atoms with Crippen LogP contribution in [0.25, 0.3) is 0 Å². The molecule has 3 heteroatoms. The van der Waals surface area contributed by atoms with Crippen molar-refractivity contribution in [3.63, 3.8) is 0 Å². The van der Waals surface area contributed by atoms with Crippen molar-refractivity contribution >= 4 is 6.29 Å². The van der Waals surface area contributed by atoms with E-state index in [0.29, 0.717) is 11.5 Å². The van der Waals surface area contributed by atoms with Crippen LogP contribution in [0, 0.1) is 0 Å². The molecule has 0 radical (unpaired) electrons. The predicted molar refractivity (Wildman–Crippen MR) is 47.3 cm³/mol. The van der Waals surface area contributed by atoms with E-state index in [4.69, 9.17) is 0 Å². The summed E-state index contributed by atoms with van der Waals surface area (Å²) < 4.78 is 1.69. The highest BCUT2D eigenvalue weighted by atomic mass is 16.1. The Morgan fingerprint density at radius 2 is 2.42 bits per heavy atom. The van der Waals surface area contributed by atoms with E-state index >= 15 is 0 Å². The van der Waals surface area contributed by atoms with E-state index in [9.17, 15) is 4.79 Å². The number of nitrogens with zero attached hydrogens (tertiary/aromatic N) is 2. The molecule has 1 unspecified atom stereocenters. The summed E-state index contributed by atoms with van der Waals surface area (Å²) >= 11 is 0. The number of hydrogen-bond donors (Lipinski definition) is 0. The summed E-state index contributed by atoms with van der Waals surface area (Å²) in [6, 6.07) is 0. The van der Waals surface area contributed by atoms with Gasteiger partial charge in [-0.15, -0.1) is 0 Å². The third-order valence-corrected chi connectivity index (χ3v) is 2.09. The third kappa shape index (κ3) is 1.55. The Labute approximate surface area is 72.4 Å². The molecule has 0 aliphatic carbocycles. The van der Waals surface area contributed by atoms with Crippen molar-refractivity contribution in [3.05, 3.63) is 17.5 Å². The molecule has 0 saturated heterocycles. The molecule has 1 aromatic rings. The monoisotopic (exact) mass is 166 g/mol. The van der Waals surface area contributed by atoms with Gasteiger partial charge in [0.2, 0.25) is 0 Å². The zero-order valence-electron chi connectivity index (χ0n) is 7.74. The molecule has 0 N–H and O–H groups in total. The molecule has 1 rings (SSSR count). The normalized spacial score (nSPS) is 12.9. The molecule has 0 aromatic carbocycles. The fourth-order valence-corrected chi connectivity index (χ4v) is 1.19. The number of hydrogen-bond acceptors (Lipinski definition) is 2. The van der Waals surface area contributed by atoms with E-state index in [1.54, 1.807) is 10.9 Å². The van der Waals surface area contributed by atoms with Gasteiger partial charge in [-0.05, 0) is 6.42 Å². The van der Waals surface area contributed by atoms with Gasteiger partial charge in [-0.25, -0.2) is 0 Å². The average molecular weight is 166 g/mol. The zero-order chi connectivity index (χ0) is 9.14. The third-order valence-electron chi connectivity index (χ3n) is 2.09. The Morgan fingerprint density at radius 1 is 1.75 bits per heavy atom. The minimum atomic E-state index is 0.367. The van der Waals surface area contributed by atoms with Gasteiger partial charge in [0.1, 0.15) is 0 Å². The van der Waals surface area contributed by atoms with Gasteiger partial charge in [-0.3, -0.25) is 9.48 Å². The molecule has 0 saturated carbocycles. The van der Waals surface area contributed by atoms with Gasteiger partial charge in [0.25, 0.3) is 0 Å². The number of carbonyl (C=O) groups is 1. The first-order chi connectivity index (χ1) is 5.69. The molecular weight excluding hydrogens is 152 g/mol. The van der Waals surface area contributed by atoms with Crippen molar-refractivity contribution < 1.29 is 4.79 Å². The van der Waals surface area contributed by atoms with Crippen molar-refractivity contribution in [1.29, 1.82) is 0 Å². The molecule has 12 heavy (non-hydrogen) atoms. The number of rotatable bonds is 3. The van der Waals surface area contributed by atoms with Crippen LogP contribution in [-0.2, 0) is 7.05 Å². The van der Waals surface area contributed by atoms with Crippen molar-refractivity contribution in [2.24, 2.45) is 7.05 Å². The smallest absolute Gasteiger partial charge is 0.153 e. The molecule has 1 aromatic heterocycles. The topological polar surface area (TPSA) is 34.9 Å². The largest absolute Gasteiger partial charge is 0.298 e. The lowest BCUT2D eigenvalue weighted by Gasteiger charge is -2.03. The quantitative estimate of drug-likeness (QED) is 0.641. The highest BCUT2D eigenvalue weighted by Crippen LogP contribution is 2.19. The van der Waals surface area contributed by atoms with Crippen LogP contribution in [0.5, 0.6) is 0 Å². The van der Waals surface area contributed by atoms with Crippen molar-refractivity contribution in [2.45, 2.75) is 26.2 Å². The lowest BCUT2D eigenvalue weighted by Crippen LogP contribution is -1.97. The molecule has 0 aliphatic heterocycles. The maximum absolute atomic E-state index is 10.6. The first-order valence-electron chi connectivity index (χ1n) is 4.17. The predicted octanol–water partition coefficient (Wildman–Crippen LogP) is 1.75. The van der Waals surface area contributed by atoms with Gasteiger partial charge in [0.15, 0.2) is 6.29 Å². The molecule has 0 fully saturated rings. The minimum absolute atomic E-state index is 0.367. The Morgan fingerprint density at radius 3 is 2.92 bits per heavy atom. The van der Waals surface area contributed by atoms with E-state index in [1.807, 2.05) is 7.05 Å². The second-order valence-electron chi connectivity index (χ2n) is 3.07. The summed E-state index contributed by atoms with van der Waals surface area (Å²) in [6.45, 7) is 4.17. The lowest BCUT2D eigenvalue weighted by molar-refractivity contribution is 0.112. The number of aldehydes is 1. The van der Waals surface area contributed by atoms with E-state index in [1.165, 1.54) is 0 Å². The van der Waals surface area contributed by atoms with Crippen LogP contribution in [-0.4, -0.2) is 16.1 Å². The van der Waals surface area contributed by atoms with Crippen molar-refractivity contribution in [2.75, 3.05) is 0 Å². The van der Waals surface area contributed by atoms with Gasteiger partial charge in [-0.1, -0.05) is 13.8 Å². The van der Waals surface area contributed by atoms with Crippen molar-refractivity contribution in [3.8, 4) is 0 Å². The average Bonchev–Trinajstić information content (AvgIpc) is 2.45. The summed E-state index contributed by atoms with van der Waals surface area (Å²) in [7, 11) is 1.83. The van der Waals surface area contributed by atoms with Gasteiger partial charge >= 0.3 is 0 Å². The molecular formula is C9H14N2O. The van der Waals surface area contributed by atoms with Gasteiger partial charge in [0.05, 0.1) is 11.3 Å². The van der Waals surface area contributed by atoms with Crippen LogP contribution in [0.3, 0.4) is 0 Å². The van der Waals surface area contributed by atoms with Crippen LogP contribution in [0.1, 0.15) is 42.2 Å². The molecule has 0 spiro atoms. The fraction of sp³-hybridized carbons (Fsp3) is 0.556. The second-order valence-corrected chi connectivity index (χ2v) is 3.07. The van der Waals surface area contributed by atoms with Gasteiger partial charge < -0.3 is 0 Å². The van der Waals surface area contributed by atoms with E-state index in [-0.39, 0.29) is 0 Å². The summed E-state index contributed by atoms with van der Waals surface area (Å²) in [6.07, 6.45) is 3.64. The fourth-order valence-electron chi connectivity index (χ4n) is 1.19. The Kier molecular flexibility index (Phi) is 2.63. The number of carbonyl (C=O) groups excluding carboxylic acids is 1. The van der Waals surface area contributed by atoms with Crippen molar-refractivity contribution in [1.82, 2.24) is 9.78 Å². The molecule has 0 amide bonds. The summed E-state index contributed by atoms with van der Waals surface area (Å²) in [5.41, 5.74) is 1.63. The standard InChI is InChI=1S/C9H14N2O/c1-4-7(2)9-8(6-12)5-11(3)10-9/h5-7H,4H2,1-3H3. The van der Waals surface area contributed by atoms with Crippen LogP contribution in [0.2, 0.25) is 0 Å². The molecule has 0 bridgehead atoms. The molecule has 3 nitrogen and oxygen atoms in total. The van der Waals surface area contributed by atoms with Crippen LogP contribution in [0.15, 0.2) is 6.20 Å². The molecule has 0 aliphatic rings. The Bertz CT molecular complexity index is 278. The van der Waals surface area contributed by atoms with E-state index in [0.717, 1.165) is 18.4 Å². The highest BCUT2D eigenvalue weighted by molar-refractivity contribution is 5.76. The SMILES string of the molecule is CCC(C)c1nn(C)cc1C=O. The van der Waals surface area contributed by atoms with Crippen LogP contribution in [0.4, 0.5) is 0 Å². The first-order valence-corrected chi connectivity index (χ1v) is 4.17. The van der Waals surface area contributed by atoms with E-state index < -0.39 is 0 Å². The van der Waals surface area contributed by atoms with E-state index in [2.05, 4.69) is 18.9 Å². The van der Waals surface area contributed by atoms with Crippen LogP contribution < -0.4 is 0 Å². The van der Waals surface area contributed by atoms with Gasteiger partial charge in [0, 0.05) is 19.2 Å². The zero-order valence-corrected chi connectivity index (χ0v) is 7.74.